The number of nitrogens with zero attached hydrogens (tertiary/aromatic N) is 1. The predicted octanol–water partition coefficient (Wildman–Crippen LogP) is 7.18. The van der Waals surface area contributed by atoms with Gasteiger partial charge in [-0.3, -0.25) is 4.79 Å². The zero-order valence-corrected chi connectivity index (χ0v) is 21.2. The zero-order chi connectivity index (χ0) is 23.0. The summed E-state index contributed by atoms with van der Waals surface area (Å²) < 4.78 is 0. The van der Waals surface area contributed by atoms with Crippen molar-refractivity contribution in [1.29, 1.82) is 0 Å². The van der Waals surface area contributed by atoms with Gasteiger partial charge in [0, 0.05) is 32.1 Å². The number of carbonyl (C=O) groups is 1. The normalized spacial score (nSPS) is 23.8. The van der Waals surface area contributed by atoms with Crippen molar-refractivity contribution in [1.82, 2.24) is 4.90 Å². The van der Waals surface area contributed by atoms with Gasteiger partial charge in [-0.15, -0.1) is 0 Å². The molecule has 0 bridgehead atoms. The molecule has 4 nitrogen and oxygen atoms in total. The molecule has 1 aromatic carbocycles. The number of hydrogen-bond donors (Lipinski definition) is 2. The molecular formula is C29H47N3O. The van der Waals surface area contributed by atoms with E-state index < -0.39 is 0 Å². The van der Waals surface area contributed by atoms with Gasteiger partial charge in [0.25, 0.3) is 0 Å². The Morgan fingerprint density at radius 1 is 0.879 bits per heavy atom. The van der Waals surface area contributed by atoms with E-state index in [1.165, 1.54) is 88.3 Å². The minimum absolute atomic E-state index is 0.314. The van der Waals surface area contributed by atoms with Gasteiger partial charge in [-0.1, -0.05) is 51.5 Å². The molecule has 0 saturated heterocycles. The molecule has 0 unspecified atom stereocenters. The van der Waals surface area contributed by atoms with Crippen LogP contribution in [0.25, 0.3) is 0 Å². The fraction of sp³-hybridized carbons (Fsp3) is 0.759. The van der Waals surface area contributed by atoms with Crippen LogP contribution in [0.3, 0.4) is 0 Å². The topological polar surface area (TPSA) is 44.4 Å². The molecule has 3 fully saturated rings. The van der Waals surface area contributed by atoms with E-state index in [-0.39, 0.29) is 0 Å². The Hall–Kier alpha value is -1.71. The molecule has 0 heterocycles. The van der Waals surface area contributed by atoms with Gasteiger partial charge in [0.05, 0.1) is 11.4 Å². The summed E-state index contributed by atoms with van der Waals surface area (Å²) in [6.45, 7) is 7.09. The van der Waals surface area contributed by atoms with Gasteiger partial charge in [-0.2, -0.15) is 0 Å². The standard InChI is InChI=1S/C29H47N3O/c1-3-22-10-12-23(13-11-22)21-31-28-20-25(24-14-15-24)16-17-27(28)30-19-18-29(33)32(4-2)26-8-6-5-7-9-26/h16-17,20,22-24,26,30-31H,3-15,18-19,21H2,1-2H3. The molecule has 3 saturated carbocycles. The molecule has 0 spiro atoms. The highest BCUT2D eigenvalue weighted by Gasteiger charge is 2.26. The van der Waals surface area contributed by atoms with Gasteiger partial charge >= 0.3 is 0 Å². The van der Waals surface area contributed by atoms with Crippen molar-refractivity contribution < 1.29 is 4.79 Å². The third kappa shape index (κ3) is 6.90. The summed E-state index contributed by atoms with van der Waals surface area (Å²) >= 11 is 0. The predicted molar refractivity (Wildman–Crippen MR) is 140 cm³/mol. The van der Waals surface area contributed by atoms with Crippen LogP contribution in [0.5, 0.6) is 0 Å². The number of rotatable bonds is 11. The largest absolute Gasteiger partial charge is 0.383 e. The second-order valence-electron chi connectivity index (χ2n) is 10.9. The number of hydrogen-bond acceptors (Lipinski definition) is 3. The lowest BCUT2D eigenvalue weighted by Gasteiger charge is -2.33. The summed E-state index contributed by atoms with van der Waals surface area (Å²) in [7, 11) is 0. The van der Waals surface area contributed by atoms with Gasteiger partial charge < -0.3 is 15.5 Å². The molecule has 1 aromatic rings. The third-order valence-corrected chi connectivity index (χ3v) is 8.55. The number of anilines is 2. The maximum atomic E-state index is 13.0. The van der Waals surface area contributed by atoms with Crippen LogP contribution < -0.4 is 10.6 Å². The minimum atomic E-state index is 0.314. The van der Waals surface area contributed by atoms with Crippen LogP contribution in [0.15, 0.2) is 18.2 Å². The highest BCUT2D eigenvalue weighted by molar-refractivity contribution is 5.77. The van der Waals surface area contributed by atoms with Crippen LogP contribution in [0.2, 0.25) is 0 Å². The second kappa shape index (κ2) is 12.1. The molecule has 1 amide bonds. The molecule has 0 aromatic heterocycles. The lowest BCUT2D eigenvalue weighted by atomic mass is 9.81. The Morgan fingerprint density at radius 3 is 2.27 bits per heavy atom. The van der Waals surface area contributed by atoms with Crippen molar-refractivity contribution in [2.75, 3.05) is 30.3 Å². The summed E-state index contributed by atoms with van der Waals surface area (Å²) in [5.74, 6) is 2.81. The van der Waals surface area contributed by atoms with Crippen LogP contribution in [0.1, 0.15) is 109 Å². The van der Waals surface area contributed by atoms with Gasteiger partial charge in [0.2, 0.25) is 5.91 Å². The van der Waals surface area contributed by atoms with Crippen molar-refractivity contribution in [2.45, 2.75) is 109 Å². The summed E-state index contributed by atoms with van der Waals surface area (Å²) in [4.78, 5) is 15.1. The number of amides is 1. The average molecular weight is 454 g/mol. The third-order valence-electron chi connectivity index (χ3n) is 8.55. The molecule has 2 N–H and O–H groups in total. The molecule has 3 aliphatic carbocycles. The van der Waals surface area contributed by atoms with E-state index in [1.807, 2.05) is 0 Å². The van der Waals surface area contributed by atoms with Crippen LogP contribution in [0.4, 0.5) is 11.4 Å². The zero-order valence-electron chi connectivity index (χ0n) is 21.2. The molecule has 0 atom stereocenters. The first-order valence-electron chi connectivity index (χ1n) is 14.1. The van der Waals surface area contributed by atoms with Crippen molar-refractivity contribution in [3.8, 4) is 0 Å². The van der Waals surface area contributed by atoms with E-state index in [0.29, 0.717) is 24.9 Å². The fourth-order valence-corrected chi connectivity index (χ4v) is 6.11. The molecule has 33 heavy (non-hydrogen) atoms. The van der Waals surface area contributed by atoms with Crippen LogP contribution in [-0.2, 0) is 4.79 Å². The quantitative estimate of drug-likeness (QED) is 0.373. The van der Waals surface area contributed by atoms with Crippen molar-refractivity contribution >= 4 is 17.3 Å². The Morgan fingerprint density at radius 2 is 1.61 bits per heavy atom. The molecule has 0 aliphatic heterocycles. The Kier molecular flexibility index (Phi) is 8.97. The smallest absolute Gasteiger partial charge is 0.224 e. The molecule has 3 aliphatic rings. The van der Waals surface area contributed by atoms with E-state index in [1.54, 1.807) is 0 Å². The Labute approximate surface area is 202 Å². The van der Waals surface area contributed by atoms with Crippen molar-refractivity contribution in [3.63, 3.8) is 0 Å². The minimum Gasteiger partial charge on any atom is -0.383 e. The van der Waals surface area contributed by atoms with E-state index in [0.717, 1.165) is 36.5 Å². The van der Waals surface area contributed by atoms with E-state index >= 15 is 0 Å². The number of nitrogens with one attached hydrogen (secondary N) is 2. The lowest BCUT2D eigenvalue weighted by Crippen LogP contribution is -2.41. The maximum Gasteiger partial charge on any atom is 0.224 e. The van der Waals surface area contributed by atoms with E-state index in [4.69, 9.17) is 0 Å². The Bertz CT molecular complexity index is 745. The lowest BCUT2D eigenvalue weighted by molar-refractivity contribution is -0.133. The van der Waals surface area contributed by atoms with Gasteiger partial charge in [0.1, 0.15) is 0 Å². The summed E-state index contributed by atoms with van der Waals surface area (Å²) in [6.07, 6.45) is 16.3. The second-order valence-corrected chi connectivity index (χ2v) is 10.9. The first-order chi connectivity index (χ1) is 16.2. The first kappa shape index (κ1) is 24.4. The number of benzene rings is 1. The molecule has 184 valence electrons. The van der Waals surface area contributed by atoms with E-state index in [2.05, 4.69) is 47.6 Å². The van der Waals surface area contributed by atoms with E-state index in [9.17, 15) is 4.79 Å². The van der Waals surface area contributed by atoms with Crippen LogP contribution in [-0.4, -0.2) is 36.5 Å². The monoisotopic (exact) mass is 453 g/mol. The highest BCUT2D eigenvalue weighted by Crippen LogP contribution is 2.42. The van der Waals surface area contributed by atoms with Crippen LogP contribution in [0, 0.1) is 11.8 Å². The average Bonchev–Trinajstić information content (AvgIpc) is 3.70. The summed E-state index contributed by atoms with van der Waals surface area (Å²) in [5, 5.41) is 7.41. The summed E-state index contributed by atoms with van der Waals surface area (Å²) in [5.41, 5.74) is 3.88. The fourth-order valence-electron chi connectivity index (χ4n) is 6.11. The van der Waals surface area contributed by atoms with Gasteiger partial charge in [-0.05, 0) is 80.9 Å². The molecule has 0 radical (unpaired) electrons. The van der Waals surface area contributed by atoms with Gasteiger partial charge in [-0.25, -0.2) is 0 Å². The first-order valence-corrected chi connectivity index (χ1v) is 14.1. The molecule has 4 rings (SSSR count). The van der Waals surface area contributed by atoms with Gasteiger partial charge in [0.15, 0.2) is 0 Å². The number of carbonyl (C=O) groups excluding carboxylic acids is 1. The highest BCUT2D eigenvalue weighted by atomic mass is 16.2. The maximum absolute atomic E-state index is 13.0. The van der Waals surface area contributed by atoms with Crippen molar-refractivity contribution in [2.24, 2.45) is 11.8 Å². The SMILES string of the molecule is CCC1CCC(CNc2cc(C3CC3)ccc2NCCC(=O)N(CC)C2CCCCC2)CC1. The Balaban J connectivity index is 1.31. The molecular weight excluding hydrogens is 406 g/mol. The van der Waals surface area contributed by atoms with Crippen LogP contribution >= 0.6 is 0 Å². The summed E-state index contributed by atoms with van der Waals surface area (Å²) in [6, 6.07) is 7.38. The van der Waals surface area contributed by atoms with Crippen molar-refractivity contribution in [3.05, 3.63) is 23.8 Å². The molecule has 4 heteroatoms.